The van der Waals surface area contributed by atoms with E-state index in [1.807, 2.05) is 12.1 Å². The predicted molar refractivity (Wildman–Crippen MR) is 127 cm³/mol. The van der Waals surface area contributed by atoms with Crippen molar-refractivity contribution in [2.24, 2.45) is 0 Å². The van der Waals surface area contributed by atoms with Crippen LogP contribution in [0.1, 0.15) is 59.3 Å². The van der Waals surface area contributed by atoms with E-state index in [-0.39, 0.29) is 0 Å². The summed E-state index contributed by atoms with van der Waals surface area (Å²) < 4.78 is 11.6. The Morgan fingerprint density at radius 3 is 2.06 bits per heavy atom. The van der Waals surface area contributed by atoms with Crippen LogP contribution in [-0.2, 0) is 0 Å². The maximum absolute atomic E-state index is 11.3. The van der Waals surface area contributed by atoms with Crippen molar-refractivity contribution in [1.82, 2.24) is 10.5 Å². The highest BCUT2D eigenvalue weighted by atomic mass is 32.1. The number of amides is 1. The van der Waals surface area contributed by atoms with Gasteiger partial charge in [0.2, 0.25) is 0 Å². The molecular weight excluding hydrogens is 424 g/mol. The first kappa shape index (κ1) is 23.8. The molecule has 3 rings (SSSR count). The number of hydroxylamine groups is 1. The zero-order valence-electron chi connectivity index (χ0n) is 18.8. The van der Waals surface area contributed by atoms with Gasteiger partial charge in [0.15, 0.2) is 0 Å². The number of nitrogens with zero attached hydrogens (tertiary/aromatic N) is 1. The van der Waals surface area contributed by atoms with Gasteiger partial charge in [0.1, 0.15) is 11.5 Å². The van der Waals surface area contributed by atoms with E-state index in [0.29, 0.717) is 30.4 Å². The minimum Gasteiger partial charge on any atom is -0.494 e. The molecule has 0 aliphatic rings. The Balaban J connectivity index is 1.35. The molecular formula is C25H30N2O4S. The molecule has 0 unspecified atom stereocenters. The highest BCUT2D eigenvalue weighted by molar-refractivity contribution is 7.12. The van der Waals surface area contributed by atoms with Gasteiger partial charge in [-0.2, -0.15) is 0 Å². The molecule has 1 heterocycles. The number of hydrogen-bond donors (Lipinski definition) is 2. The molecule has 0 saturated heterocycles. The minimum atomic E-state index is -0.537. The number of carbonyl (C=O) groups is 1. The monoisotopic (exact) mass is 454 g/mol. The second-order valence-corrected chi connectivity index (χ2v) is 9.08. The molecule has 0 saturated carbocycles. The Morgan fingerprint density at radius 1 is 0.969 bits per heavy atom. The Kier molecular flexibility index (Phi) is 8.64. The van der Waals surface area contributed by atoms with Crippen molar-refractivity contribution in [2.75, 3.05) is 13.2 Å². The number of benzene rings is 2. The smallest absolute Gasteiger partial charge is 0.274 e. The minimum absolute atomic E-state index is 0.382. The SMILES string of the molecule is Cc1nc(-c2ccc(OCCCCCOc3ccc(C(=O)NO)cc3)cc2)c(C(C)C)s1. The lowest BCUT2D eigenvalue weighted by molar-refractivity contribution is 0.0706. The highest BCUT2D eigenvalue weighted by Gasteiger charge is 2.14. The van der Waals surface area contributed by atoms with E-state index in [0.717, 1.165) is 41.3 Å². The lowest BCUT2D eigenvalue weighted by atomic mass is 10.1. The molecule has 0 bridgehead atoms. The maximum Gasteiger partial charge on any atom is 0.274 e. The van der Waals surface area contributed by atoms with Gasteiger partial charge in [0, 0.05) is 16.0 Å². The van der Waals surface area contributed by atoms with Crippen molar-refractivity contribution in [1.29, 1.82) is 0 Å². The van der Waals surface area contributed by atoms with Crippen LogP contribution in [0.4, 0.5) is 0 Å². The van der Waals surface area contributed by atoms with Crippen molar-refractivity contribution in [3.8, 4) is 22.8 Å². The van der Waals surface area contributed by atoms with Gasteiger partial charge in [-0.1, -0.05) is 13.8 Å². The van der Waals surface area contributed by atoms with Crippen molar-refractivity contribution in [3.05, 3.63) is 64.0 Å². The summed E-state index contributed by atoms with van der Waals surface area (Å²) in [5.41, 5.74) is 4.20. The van der Waals surface area contributed by atoms with E-state index in [1.54, 1.807) is 41.1 Å². The molecule has 0 aliphatic heterocycles. The summed E-state index contributed by atoms with van der Waals surface area (Å²) in [6, 6.07) is 14.8. The molecule has 2 aromatic carbocycles. The van der Waals surface area contributed by atoms with Gasteiger partial charge in [0.05, 0.1) is 23.9 Å². The Morgan fingerprint density at radius 2 is 1.53 bits per heavy atom. The molecule has 7 heteroatoms. The number of unbranched alkanes of at least 4 members (excludes halogenated alkanes) is 2. The summed E-state index contributed by atoms with van der Waals surface area (Å²) >= 11 is 1.77. The van der Waals surface area contributed by atoms with E-state index < -0.39 is 5.91 Å². The Hall–Kier alpha value is -2.90. The average molecular weight is 455 g/mol. The third-order valence-electron chi connectivity index (χ3n) is 4.96. The topological polar surface area (TPSA) is 80.7 Å². The van der Waals surface area contributed by atoms with Crippen molar-refractivity contribution in [3.63, 3.8) is 0 Å². The number of nitrogens with one attached hydrogen (secondary N) is 1. The predicted octanol–water partition coefficient (Wildman–Crippen LogP) is 5.99. The summed E-state index contributed by atoms with van der Waals surface area (Å²) in [7, 11) is 0. The molecule has 0 atom stereocenters. The van der Waals surface area contributed by atoms with Crippen LogP contribution in [0.5, 0.6) is 11.5 Å². The maximum atomic E-state index is 11.3. The van der Waals surface area contributed by atoms with E-state index in [2.05, 4.69) is 32.9 Å². The van der Waals surface area contributed by atoms with Crippen LogP contribution < -0.4 is 15.0 Å². The summed E-state index contributed by atoms with van der Waals surface area (Å²) in [5.74, 6) is 1.50. The molecule has 32 heavy (non-hydrogen) atoms. The molecule has 1 amide bonds. The van der Waals surface area contributed by atoms with Crippen LogP contribution in [0, 0.1) is 6.92 Å². The third-order valence-corrected chi connectivity index (χ3v) is 6.23. The van der Waals surface area contributed by atoms with E-state index in [4.69, 9.17) is 19.7 Å². The van der Waals surface area contributed by atoms with E-state index in [1.165, 1.54) is 4.88 Å². The third kappa shape index (κ3) is 6.55. The van der Waals surface area contributed by atoms with E-state index in [9.17, 15) is 4.79 Å². The Bertz CT molecular complexity index is 998. The largest absolute Gasteiger partial charge is 0.494 e. The van der Waals surface area contributed by atoms with Crippen LogP contribution in [0.2, 0.25) is 0 Å². The second kappa shape index (κ2) is 11.6. The second-order valence-electron chi connectivity index (χ2n) is 7.85. The quantitative estimate of drug-likeness (QED) is 0.211. The standard InChI is InChI=1S/C25H30N2O4S/c1-17(2)24-23(26-18(3)32-24)19-7-11-21(12-8-19)30-15-5-4-6-16-31-22-13-9-20(10-14-22)25(28)27-29/h7-14,17,29H,4-6,15-16H2,1-3H3,(H,27,28). The lowest BCUT2D eigenvalue weighted by Gasteiger charge is -2.09. The summed E-state index contributed by atoms with van der Waals surface area (Å²) in [6.07, 6.45) is 2.87. The Labute approximate surface area is 193 Å². The van der Waals surface area contributed by atoms with Crippen molar-refractivity contribution >= 4 is 17.2 Å². The van der Waals surface area contributed by atoms with Crippen LogP contribution in [0.15, 0.2) is 48.5 Å². The zero-order chi connectivity index (χ0) is 22.9. The van der Waals surface area contributed by atoms with Gasteiger partial charge >= 0.3 is 0 Å². The lowest BCUT2D eigenvalue weighted by Crippen LogP contribution is -2.18. The average Bonchev–Trinajstić information content (AvgIpc) is 3.21. The summed E-state index contributed by atoms with van der Waals surface area (Å²) in [5, 5.41) is 9.72. The number of carbonyl (C=O) groups excluding carboxylic acids is 1. The van der Waals surface area contributed by atoms with Crippen LogP contribution in [-0.4, -0.2) is 29.3 Å². The number of aryl methyl sites for hydroxylation is 1. The van der Waals surface area contributed by atoms with E-state index >= 15 is 0 Å². The van der Waals surface area contributed by atoms with Crippen LogP contribution in [0.25, 0.3) is 11.3 Å². The van der Waals surface area contributed by atoms with Gasteiger partial charge in [-0.15, -0.1) is 11.3 Å². The molecule has 0 radical (unpaired) electrons. The van der Waals surface area contributed by atoms with Gasteiger partial charge < -0.3 is 9.47 Å². The highest BCUT2D eigenvalue weighted by Crippen LogP contribution is 2.34. The van der Waals surface area contributed by atoms with Gasteiger partial charge in [0.25, 0.3) is 5.91 Å². The fourth-order valence-corrected chi connectivity index (χ4v) is 4.23. The van der Waals surface area contributed by atoms with Crippen LogP contribution >= 0.6 is 11.3 Å². The fraction of sp³-hybridized carbons (Fsp3) is 0.360. The van der Waals surface area contributed by atoms with Gasteiger partial charge in [-0.05, 0) is 80.6 Å². The molecule has 0 aliphatic carbocycles. The number of aromatic nitrogens is 1. The summed E-state index contributed by atoms with van der Waals surface area (Å²) in [6.45, 7) is 7.72. The molecule has 170 valence electrons. The molecule has 1 aromatic heterocycles. The molecule has 0 spiro atoms. The van der Waals surface area contributed by atoms with Crippen LogP contribution in [0.3, 0.4) is 0 Å². The summed E-state index contributed by atoms with van der Waals surface area (Å²) in [4.78, 5) is 17.3. The molecule has 6 nitrogen and oxygen atoms in total. The first-order valence-corrected chi connectivity index (χ1v) is 11.7. The first-order chi connectivity index (χ1) is 15.5. The van der Waals surface area contributed by atoms with Gasteiger partial charge in [-0.3, -0.25) is 10.0 Å². The number of rotatable bonds is 11. The van der Waals surface area contributed by atoms with Crippen molar-refractivity contribution < 1.29 is 19.5 Å². The fourth-order valence-electron chi connectivity index (χ4n) is 3.28. The normalized spacial score (nSPS) is 10.9. The van der Waals surface area contributed by atoms with Crippen molar-refractivity contribution in [2.45, 2.75) is 46.0 Å². The molecule has 3 aromatic rings. The van der Waals surface area contributed by atoms with Gasteiger partial charge in [-0.25, -0.2) is 10.5 Å². The number of thiazole rings is 1. The number of ether oxygens (including phenoxy) is 2. The zero-order valence-corrected chi connectivity index (χ0v) is 19.6. The number of hydrogen-bond acceptors (Lipinski definition) is 6. The first-order valence-electron chi connectivity index (χ1n) is 10.9. The molecule has 0 fully saturated rings. The molecule has 2 N–H and O–H groups in total.